The number of rotatable bonds is 38. The van der Waals surface area contributed by atoms with Gasteiger partial charge in [-0.15, -0.1) is 0 Å². The highest BCUT2D eigenvalue weighted by Gasteiger charge is 2.25. The monoisotopic (exact) mass is 742 g/mol. The molecule has 0 spiro atoms. The Morgan fingerprint density at radius 2 is 1.02 bits per heavy atom. The zero-order valence-electron chi connectivity index (χ0n) is 32.6. The van der Waals surface area contributed by atoms with Crippen LogP contribution in [-0.4, -0.2) is 49.3 Å². The van der Waals surface area contributed by atoms with Gasteiger partial charge in [-0.1, -0.05) is 153 Å². The van der Waals surface area contributed by atoms with Crippen molar-refractivity contribution in [2.45, 2.75) is 187 Å². The van der Waals surface area contributed by atoms with Gasteiger partial charge in [0.15, 0.2) is 6.10 Å². The van der Waals surface area contributed by atoms with E-state index in [0.29, 0.717) is 12.8 Å². The van der Waals surface area contributed by atoms with Gasteiger partial charge in [-0.3, -0.25) is 18.6 Å². The molecule has 2 atom stereocenters. The lowest BCUT2D eigenvalue weighted by Crippen LogP contribution is -2.29. The van der Waals surface area contributed by atoms with E-state index in [2.05, 4.69) is 50.3 Å². The summed E-state index contributed by atoms with van der Waals surface area (Å²) in [7, 11) is -4.38. The molecule has 0 aromatic carbocycles. The second-order valence-electron chi connectivity index (χ2n) is 13.5. The van der Waals surface area contributed by atoms with Crippen LogP contribution in [0.3, 0.4) is 0 Å². The molecular formula is C41H76NO8P. The molecule has 0 fully saturated rings. The van der Waals surface area contributed by atoms with Crippen LogP contribution in [0.25, 0.3) is 0 Å². The van der Waals surface area contributed by atoms with Crippen LogP contribution in [0.2, 0.25) is 0 Å². The lowest BCUT2D eigenvalue weighted by Gasteiger charge is -2.19. The highest BCUT2D eigenvalue weighted by Crippen LogP contribution is 2.43. The number of phosphoric ester groups is 1. The Labute approximate surface area is 312 Å². The fraction of sp³-hybridized carbons (Fsp3) is 0.805. The van der Waals surface area contributed by atoms with E-state index in [4.69, 9.17) is 24.3 Å². The van der Waals surface area contributed by atoms with E-state index < -0.39 is 32.5 Å². The van der Waals surface area contributed by atoms with E-state index in [1.165, 1.54) is 89.9 Å². The van der Waals surface area contributed by atoms with Gasteiger partial charge < -0.3 is 20.1 Å². The van der Waals surface area contributed by atoms with Gasteiger partial charge in [0.05, 0.1) is 13.2 Å². The lowest BCUT2D eigenvalue weighted by atomic mass is 10.0. The number of unbranched alkanes of at least 4 members (excludes halogenated alkanes) is 19. The number of nitrogens with two attached hydrogens (primary N) is 1. The van der Waals surface area contributed by atoms with E-state index in [-0.39, 0.29) is 32.6 Å². The molecule has 10 heteroatoms. The highest BCUT2D eigenvalue weighted by atomic mass is 31.2. The van der Waals surface area contributed by atoms with Gasteiger partial charge in [-0.25, -0.2) is 4.57 Å². The van der Waals surface area contributed by atoms with Crippen molar-refractivity contribution < 1.29 is 37.6 Å². The molecule has 298 valence electrons. The average molecular weight is 742 g/mol. The summed E-state index contributed by atoms with van der Waals surface area (Å²) in [6.07, 6.45) is 40.3. The molecule has 51 heavy (non-hydrogen) atoms. The van der Waals surface area contributed by atoms with Crippen LogP contribution < -0.4 is 5.73 Å². The first-order valence-electron chi connectivity index (χ1n) is 20.5. The zero-order chi connectivity index (χ0) is 37.5. The lowest BCUT2D eigenvalue weighted by molar-refractivity contribution is -0.161. The first kappa shape index (κ1) is 49.2. The van der Waals surface area contributed by atoms with Crippen molar-refractivity contribution in [1.29, 1.82) is 0 Å². The van der Waals surface area contributed by atoms with E-state index in [0.717, 1.165) is 51.4 Å². The maximum Gasteiger partial charge on any atom is 0.472 e. The first-order chi connectivity index (χ1) is 24.8. The van der Waals surface area contributed by atoms with Crippen LogP contribution in [0.4, 0.5) is 0 Å². The molecule has 0 saturated heterocycles. The quantitative estimate of drug-likeness (QED) is 0.0274. The minimum Gasteiger partial charge on any atom is -0.462 e. The molecule has 0 aromatic heterocycles. The largest absolute Gasteiger partial charge is 0.472 e. The summed E-state index contributed by atoms with van der Waals surface area (Å²) in [4.78, 5) is 34.8. The Kier molecular flexibility index (Phi) is 36.7. The molecule has 0 radical (unpaired) electrons. The topological polar surface area (TPSA) is 134 Å². The summed E-state index contributed by atoms with van der Waals surface area (Å²) in [5.74, 6) is -0.870. The summed E-state index contributed by atoms with van der Waals surface area (Å²) in [5.41, 5.74) is 5.34. The molecule has 0 saturated carbocycles. The van der Waals surface area contributed by atoms with Crippen LogP contribution in [-0.2, 0) is 32.7 Å². The molecule has 0 amide bonds. The fourth-order valence-corrected chi connectivity index (χ4v) is 6.23. The maximum atomic E-state index is 12.5. The summed E-state index contributed by atoms with van der Waals surface area (Å²) >= 11 is 0. The Bertz CT molecular complexity index is 939. The van der Waals surface area contributed by atoms with Crippen molar-refractivity contribution in [1.82, 2.24) is 0 Å². The summed E-state index contributed by atoms with van der Waals surface area (Å²) < 4.78 is 32.7. The van der Waals surface area contributed by atoms with Gasteiger partial charge in [-0.05, 0) is 51.4 Å². The van der Waals surface area contributed by atoms with Gasteiger partial charge in [0.25, 0.3) is 0 Å². The third-order valence-corrected chi connectivity index (χ3v) is 9.51. The van der Waals surface area contributed by atoms with Crippen molar-refractivity contribution in [3.8, 4) is 0 Å². The zero-order valence-corrected chi connectivity index (χ0v) is 33.5. The molecule has 0 aromatic rings. The normalized spacial score (nSPS) is 13.7. The first-order valence-corrected chi connectivity index (χ1v) is 22.0. The summed E-state index contributed by atoms with van der Waals surface area (Å²) in [5, 5.41) is 0. The number of allylic oxidation sites excluding steroid dienone is 6. The third-order valence-electron chi connectivity index (χ3n) is 8.53. The third kappa shape index (κ3) is 37.8. The Hall–Kier alpha value is -1.77. The van der Waals surface area contributed by atoms with Gasteiger partial charge in [0.2, 0.25) is 0 Å². The van der Waals surface area contributed by atoms with E-state index in [9.17, 15) is 19.0 Å². The second kappa shape index (κ2) is 38.0. The number of carbonyl (C=O) groups excluding carboxylic acids is 2. The highest BCUT2D eigenvalue weighted by molar-refractivity contribution is 7.47. The number of ether oxygens (including phenoxy) is 2. The molecule has 3 N–H and O–H groups in total. The molecule has 9 nitrogen and oxygen atoms in total. The molecule has 0 rings (SSSR count). The number of carbonyl (C=O) groups is 2. The molecule has 1 unspecified atom stereocenters. The summed E-state index contributed by atoms with van der Waals surface area (Å²) in [6, 6.07) is 0. The molecule has 0 aliphatic rings. The van der Waals surface area contributed by atoms with Crippen LogP contribution in [0, 0.1) is 0 Å². The van der Waals surface area contributed by atoms with Crippen molar-refractivity contribution >= 4 is 19.8 Å². The molecular weight excluding hydrogens is 665 g/mol. The van der Waals surface area contributed by atoms with E-state index in [1.54, 1.807) is 0 Å². The van der Waals surface area contributed by atoms with E-state index >= 15 is 0 Å². The Balaban J connectivity index is 4.24. The standard InChI is InChI=1S/C41H76NO8P/c1-3-5-7-9-11-13-15-17-19-21-23-25-27-29-31-33-40(43)47-37-39(38-49-51(45,46)48-36-35-42)50-41(44)34-32-30-28-26-24-22-20-18-16-14-12-10-8-6-4-2/h11,13,17,19,23,25,39H,3-10,12,14-16,18,20-22,24,26-38,42H2,1-2H3,(H,45,46)/b13-11+,19-17+,25-23+/t39-/m1/s1. The van der Waals surface area contributed by atoms with Crippen LogP contribution in [0.5, 0.6) is 0 Å². The van der Waals surface area contributed by atoms with Crippen LogP contribution in [0.1, 0.15) is 181 Å². The van der Waals surface area contributed by atoms with Gasteiger partial charge >= 0.3 is 19.8 Å². The molecule has 0 aliphatic carbocycles. The molecule has 0 bridgehead atoms. The number of esters is 2. The maximum absolute atomic E-state index is 12.5. The number of hydrogen-bond donors (Lipinski definition) is 2. The number of hydrogen-bond acceptors (Lipinski definition) is 8. The van der Waals surface area contributed by atoms with Crippen molar-refractivity contribution in [3.05, 3.63) is 36.5 Å². The molecule has 0 heterocycles. The predicted molar refractivity (Wildman–Crippen MR) is 210 cm³/mol. The van der Waals surface area contributed by atoms with Gasteiger partial charge in [-0.2, -0.15) is 0 Å². The minimum atomic E-state index is -4.38. The predicted octanol–water partition coefficient (Wildman–Crippen LogP) is 11.4. The SMILES string of the molecule is CCCCC/C=C/C/C=C/C/C=C/CCCCC(=O)OC[C@H](COP(=O)(O)OCCN)OC(=O)CCCCCCCCCCCCCCCCC. The van der Waals surface area contributed by atoms with Crippen molar-refractivity contribution in [2.24, 2.45) is 5.73 Å². The molecule has 0 aliphatic heterocycles. The van der Waals surface area contributed by atoms with Crippen LogP contribution in [0.15, 0.2) is 36.5 Å². The van der Waals surface area contributed by atoms with Crippen molar-refractivity contribution in [3.63, 3.8) is 0 Å². The fourth-order valence-electron chi connectivity index (χ4n) is 5.46. The van der Waals surface area contributed by atoms with Gasteiger partial charge in [0.1, 0.15) is 6.61 Å². The smallest absolute Gasteiger partial charge is 0.462 e. The van der Waals surface area contributed by atoms with Crippen LogP contribution >= 0.6 is 7.82 Å². The Morgan fingerprint density at radius 3 is 1.55 bits per heavy atom. The number of phosphoric acid groups is 1. The van der Waals surface area contributed by atoms with E-state index in [1.807, 2.05) is 0 Å². The van der Waals surface area contributed by atoms with Crippen molar-refractivity contribution in [2.75, 3.05) is 26.4 Å². The second-order valence-corrected chi connectivity index (χ2v) is 15.0. The average Bonchev–Trinajstić information content (AvgIpc) is 3.11. The van der Waals surface area contributed by atoms with Gasteiger partial charge in [0, 0.05) is 19.4 Å². The minimum absolute atomic E-state index is 0.0488. The Morgan fingerprint density at radius 1 is 0.588 bits per heavy atom. The summed E-state index contributed by atoms with van der Waals surface area (Å²) in [6.45, 7) is 3.66.